The van der Waals surface area contributed by atoms with Gasteiger partial charge in [0.2, 0.25) is 0 Å². The predicted octanol–water partition coefficient (Wildman–Crippen LogP) is 0.599. The molecule has 3 heteroatoms. The Balaban J connectivity index is 2.63. The maximum atomic E-state index is 9.11. The van der Waals surface area contributed by atoms with Crippen LogP contribution in [0, 0.1) is 0 Å². The fourth-order valence-corrected chi connectivity index (χ4v) is 0.854. The number of hydrogen-bond acceptors (Lipinski definition) is 3. The Morgan fingerprint density at radius 1 is 1.36 bits per heavy atom. The second kappa shape index (κ2) is 3.25. The Bertz CT molecular complexity index is 291. The lowest BCUT2D eigenvalue weighted by molar-refractivity contribution is 0.403. The van der Waals surface area contributed by atoms with E-state index in [4.69, 9.17) is 13.0 Å². The van der Waals surface area contributed by atoms with Crippen LogP contribution in [0.5, 0.6) is 11.5 Å². The number of benzene rings is 1. The second-order valence-corrected chi connectivity index (χ2v) is 2.30. The molecule has 1 aromatic rings. The van der Waals surface area contributed by atoms with E-state index in [1.807, 2.05) is 0 Å². The van der Waals surface area contributed by atoms with Gasteiger partial charge in [-0.3, -0.25) is 0 Å². The van der Waals surface area contributed by atoms with E-state index in [1.54, 1.807) is 6.07 Å². The van der Waals surface area contributed by atoms with Gasteiger partial charge in [-0.15, -0.1) is 0 Å². The molecule has 0 aromatic heterocycles. The van der Waals surface area contributed by atoms with Gasteiger partial charge in [0.05, 0.1) is 0 Å². The summed E-state index contributed by atoms with van der Waals surface area (Å²) in [6.07, 6.45) is 0.501. The van der Waals surface area contributed by atoms with Gasteiger partial charge in [-0.1, -0.05) is 6.07 Å². The molecule has 0 unspecified atom stereocenters. The second-order valence-electron chi connectivity index (χ2n) is 2.30. The summed E-state index contributed by atoms with van der Waals surface area (Å²) in [5.41, 5.74) is 1.36. The summed E-state index contributed by atoms with van der Waals surface area (Å²) in [6, 6.07) is 4.47. The molecule has 0 fully saturated rings. The molecule has 60 valence electrons. The zero-order chi connectivity index (χ0) is 9.84. The highest BCUT2D eigenvalue weighted by Gasteiger charge is 1.98. The van der Waals surface area contributed by atoms with E-state index in [2.05, 4.69) is 0 Å². The van der Waals surface area contributed by atoms with E-state index in [9.17, 15) is 0 Å². The quantitative estimate of drug-likeness (QED) is 0.563. The Morgan fingerprint density at radius 2 is 2.18 bits per heavy atom. The first-order valence-electron chi connectivity index (χ1n) is 4.25. The van der Waals surface area contributed by atoms with Crippen LogP contribution >= 0.6 is 0 Å². The summed E-state index contributed by atoms with van der Waals surface area (Å²) in [5, 5.41) is 18.1. The topological polar surface area (TPSA) is 66.5 Å². The predicted molar refractivity (Wildman–Crippen MR) is 42.5 cm³/mol. The van der Waals surface area contributed by atoms with Crippen molar-refractivity contribution >= 4 is 0 Å². The van der Waals surface area contributed by atoms with E-state index in [0.717, 1.165) is 5.56 Å². The summed E-state index contributed by atoms with van der Waals surface area (Å²) in [6.45, 7) is 0.268. The van der Waals surface area contributed by atoms with Crippen molar-refractivity contribution in [2.24, 2.45) is 5.72 Å². The summed E-state index contributed by atoms with van der Waals surface area (Å²) in [4.78, 5) is 0. The molecule has 0 atom stereocenters. The number of phenols is 2. The molecule has 0 aliphatic rings. The van der Waals surface area contributed by atoms with Gasteiger partial charge in [-0.25, -0.2) is 0 Å². The van der Waals surface area contributed by atoms with Gasteiger partial charge in [-0.2, -0.15) is 0 Å². The van der Waals surface area contributed by atoms with Crippen LogP contribution in [0.3, 0.4) is 0 Å². The van der Waals surface area contributed by atoms with Crippen molar-refractivity contribution in [3.63, 3.8) is 0 Å². The molecule has 0 spiro atoms. The fourth-order valence-electron chi connectivity index (χ4n) is 0.854. The Morgan fingerprint density at radius 3 is 2.82 bits per heavy atom. The average molecular weight is 157 g/mol. The third kappa shape index (κ3) is 1.85. The van der Waals surface area contributed by atoms with E-state index in [0.29, 0.717) is 12.1 Å². The van der Waals surface area contributed by atoms with Crippen LogP contribution in [-0.2, 0) is 6.42 Å². The summed E-state index contributed by atoms with van der Waals surface area (Å²) in [7, 11) is 0. The van der Waals surface area contributed by atoms with Gasteiger partial charge >= 0.3 is 0 Å². The number of hydrogen-bond donors (Lipinski definition) is 3. The van der Waals surface area contributed by atoms with Crippen LogP contribution in [0.25, 0.3) is 0 Å². The average Bonchev–Trinajstić information content (AvgIpc) is 2.07. The minimum Gasteiger partial charge on any atom is -0.504 e. The van der Waals surface area contributed by atoms with E-state index < -0.39 is 0 Å². The SMILES string of the molecule is [3H]N([3H])CCc1ccc(O)c(O)c1. The lowest BCUT2D eigenvalue weighted by Crippen LogP contribution is -2.02. The highest BCUT2D eigenvalue weighted by atomic mass is 16.3. The molecule has 0 saturated heterocycles. The molecule has 3 nitrogen and oxygen atoms in total. The van der Waals surface area contributed by atoms with Gasteiger partial charge in [0.1, 0.15) is 2.82 Å². The number of aromatic hydroxyl groups is 2. The first-order chi connectivity index (χ1) is 6.09. The van der Waals surface area contributed by atoms with Crippen molar-refractivity contribution in [3.8, 4) is 11.5 Å². The van der Waals surface area contributed by atoms with Crippen molar-refractivity contribution in [1.82, 2.24) is 0 Å². The van der Waals surface area contributed by atoms with Crippen LogP contribution in [-0.4, -0.2) is 16.8 Å². The first-order valence-corrected chi connectivity index (χ1v) is 3.36. The standard InChI is InChI=1S/C8H11NO2/c9-4-3-6-1-2-7(10)8(11)5-6/h1-2,5,10-11H,3-4,9H2/i/hT2. The summed E-state index contributed by atoms with van der Waals surface area (Å²) in [5.74, 6) is -0.323. The largest absolute Gasteiger partial charge is 0.504 e. The van der Waals surface area contributed by atoms with Gasteiger partial charge in [0, 0.05) is 0 Å². The Kier molecular flexibility index (Phi) is 1.61. The zero-order valence-corrected chi connectivity index (χ0v) is 5.99. The van der Waals surface area contributed by atoms with Crippen molar-refractivity contribution in [3.05, 3.63) is 23.8 Å². The van der Waals surface area contributed by atoms with Crippen molar-refractivity contribution in [2.75, 3.05) is 6.54 Å². The van der Waals surface area contributed by atoms with E-state index >= 15 is 0 Å². The molecule has 11 heavy (non-hydrogen) atoms. The highest BCUT2D eigenvalue weighted by Crippen LogP contribution is 2.24. The first kappa shape index (κ1) is 5.43. The van der Waals surface area contributed by atoms with Crippen molar-refractivity contribution in [1.29, 1.82) is 0 Å². The summed E-state index contributed by atoms with van der Waals surface area (Å²) < 4.78 is 13.6. The molecular formula is C8H11NO2. The normalized spacial score (nSPS) is 12.8. The molecule has 1 rings (SSSR count). The highest BCUT2D eigenvalue weighted by molar-refractivity contribution is 5.40. The maximum Gasteiger partial charge on any atom is 0.157 e. The summed E-state index contributed by atoms with van der Waals surface area (Å²) >= 11 is 0. The molecule has 1 aromatic carbocycles. The smallest absolute Gasteiger partial charge is 0.157 e. The molecule has 0 heterocycles. The molecule has 0 radical (unpaired) electrons. The zero-order valence-electron chi connectivity index (χ0n) is 7.99. The molecule has 0 amide bonds. The van der Waals surface area contributed by atoms with Crippen LogP contribution in [0.15, 0.2) is 18.2 Å². The van der Waals surface area contributed by atoms with Crippen LogP contribution in [0.4, 0.5) is 0 Å². The minimum absolute atomic E-state index is 0.155. The van der Waals surface area contributed by atoms with Crippen molar-refractivity contribution in [2.45, 2.75) is 6.42 Å². The molecule has 4 N–H and O–H groups in total. The van der Waals surface area contributed by atoms with Gasteiger partial charge < -0.3 is 15.9 Å². The van der Waals surface area contributed by atoms with Gasteiger partial charge in [0.25, 0.3) is 0 Å². The Hall–Kier alpha value is -1.22. The molecule has 0 aliphatic heterocycles. The third-order valence-electron chi connectivity index (χ3n) is 1.44. The molecule has 0 bridgehead atoms. The number of rotatable bonds is 3. The van der Waals surface area contributed by atoms with E-state index in [-0.39, 0.29) is 18.0 Å². The lowest BCUT2D eigenvalue weighted by Gasteiger charge is -2.00. The number of phenolic OH excluding ortho intramolecular Hbond substituents is 2. The Labute approximate surface area is 68.0 Å². The molecular weight excluding hydrogens is 142 g/mol. The van der Waals surface area contributed by atoms with Crippen LogP contribution in [0.2, 0.25) is 2.82 Å². The van der Waals surface area contributed by atoms with Crippen LogP contribution < -0.4 is 5.72 Å². The van der Waals surface area contributed by atoms with Gasteiger partial charge in [0.15, 0.2) is 11.5 Å². The van der Waals surface area contributed by atoms with Gasteiger partial charge in [-0.05, 0) is 30.7 Å². The van der Waals surface area contributed by atoms with Crippen molar-refractivity contribution < 1.29 is 13.0 Å². The fraction of sp³-hybridized carbons (Fsp3) is 0.250. The maximum absolute atomic E-state index is 9.11. The number of nitrogens with two attached hydrogens (primary N) is 1. The lowest BCUT2D eigenvalue weighted by atomic mass is 10.1. The van der Waals surface area contributed by atoms with E-state index in [1.165, 1.54) is 12.1 Å². The molecule has 0 aliphatic carbocycles. The third-order valence-corrected chi connectivity index (χ3v) is 1.44. The minimum atomic E-state index is -0.168. The van der Waals surface area contributed by atoms with Crippen LogP contribution in [0.1, 0.15) is 5.56 Å². The molecule has 0 saturated carbocycles. The monoisotopic (exact) mass is 157 g/mol.